The average molecular weight is 218 g/mol. The van der Waals surface area contributed by atoms with Crippen LogP contribution in [-0.2, 0) is 6.18 Å². The molecule has 0 spiro atoms. The van der Waals surface area contributed by atoms with Crippen LogP contribution in [0, 0.1) is 0 Å². The summed E-state index contributed by atoms with van der Waals surface area (Å²) in [5.41, 5.74) is 4.97. The molecule has 2 N–H and O–H groups in total. The molecule has 1 aromatic carbocycles. The Morgan fingerprint density at radius 2 is 2.00 bits per heavy atom. The highest BCUT2D eigenvalue weighted by Gasteiger charge is 2.30. The van der Waals surface area contributed by atoms with Gasteiger partial charge in [-0.3, -0.25) is 0 Å². The number of rotatable bonds is 0. The number of anilines is 1. The third-order valence-electron chi connectivity index (χ3n) is 1.73. The smallest absolute Gasteiger partial charge is 0.375 e. The monoisotopic (exact) mass is 218 g/mol. The number of fused-ring (bicyclic) bond motifs is 1. The summed E-state index contributed by atoms with van der Waals surface area (Å²) in [6.45, 7) is 0. The van der Waals surface area contributed by atoms with Crippen molar-refractivity contribution in [3.8, 4) is 0 Å². The van der Waals surface area contributed by atoms with Crippen molar-refractivity contribution in [3.63, 3.8) is 0 Å². The van der Waals surface area contributed by atoms with Crippen molar-refractivity contribution in [3.05, 3.63) is 23.8 Å². The van der Waals surface area contributed by atoms with Crippen LogP contribution < -0.4 is 5.73 Å². The zero-order valence-corrected chi connectivity index (χ0v) is 7.62. The molecule has 2 rings (SSSR count). The van der Waals surface area contributed by atoms with Gasteiger partial charge in [-0.1, -0.05) is 11.3 Å². The first-order valence-electron chi connectivity index (χ1n) is 3.70. The van der Waals surface area contributed by atoms with E-state index in [1.807, 2.05) is 0 Å². The molecule has 6 heteroatoms. The lowest BCUT2D eigenvalue weighted by Gasteiger charge is -2.04. The Bertz CT molecular complexity index is 475. The molecule has 14 heavy (non-hydrogen) atoms. The summed E-state index contributed by atoms with van der Waals surface area (Å²) in [7, 11) is 0. The van der Waals surface area contributed by atoms with Gasteiger partial charge in [0, 0.05) is 0 Å². The number of benzene rings is 1. The Morgan fingerprint density at radius 3 is 2.64 bits per heavy atom. The van der Waals surface area contributed by atoms with Crippen molar-refractivity contribution < 1.29 is 13.2 Å². The second-order valence-corrected chi connectivity index (χ2v) is 3.79. The van der Waals surface area contributed by atoms with E-state index in [2.05, 4.69) is 4.98 Å². The number of nitrogens with zero attached hydrogens (tertiary/aromatic N) is 1. The van der Waals surface area contributed by atoms with Gasteiger partial charge in [-0.25, -0.2) is 4.98 Å². The van der Waals surface area contributed by atoms with Gasteiger partial charge in [0.1, 0.15) is 0 Å². The number of alkyl halides is 3. The van der Waals surface area contributed by atoms with E-state index in [1.54, 1.807) is 0 Å². The normalized spacial score (nSPS) is 12.2. The molecule has 0 aliphatic heterocycles. The topological polar surface area (TPSA) is 38.9 Å². The molecular formula is C8H5F3N2S. The third-order valence-corrected chi connectivity index (χ3v) is 2.60. The molecule has 0 bridgehead atoms. The highest BCUT2D eigenvalue weighted by Crippen LogP contribution is 2.33. The average Bonchev–Trinajstić information content (AvgIpc) is 2.41. The van der Waals surface area contributed by atoms with Gasteiger partial charge in [0.05, 0.1) is 15.8 Å². The molecule has 0 unspecified atom stereocenters. The lowest BCUT2D eigenvalue weighted by molar-refractivity contribution is -0.137. The summed E-state index contributed by atoms with van der Waals surface area (Å²) in [5, 5.41) is 0.277. The fourth-order valence-electron chi connectivity index (χ4n) is 1.12. The lowest BCUT2D eigenvalue weighted by Crippen LogP contribution is -2.03. The minimum absolute atomic E-state index is 0.277. The Balaban J connectivity index is 2.62. The van der Waals surface area contributed by atoms with Crippen LogP contribution in [0.5, 0.6) is 0 Å². The third kappa shape index (κ3) is 1.52. The maximum Gasteiger partial charge on any atom is 0.416 e. The summed E-state index contributed by atoms with van der Waals surface area (Å²) in [6.07, 6.45) is -4.33. The number of halogens is 3. The molecule has 1 heterocycles. The number of thiazole rings is 1. The van der Waals surface area contributed by atoms with Gasteiger partial charge in [-0.15, -0.1) is 0 Å². The van der Waals surface area contributed by atoms with Crippen LogP contribution in [-0.4, -0.2) is 4.98 Å². The molecule has 0 aliphatic carbocycles. The number of nitrogens with two attached hydrogens (primary N) is 1. The van der Waals surface area contributed by atoms with Crippen LogP contribution >= 0.6 is 11.3 Å². The molecule has 0 saturated heterocycles. The Kier molecular flexibility index (Phi) is 1.88. The largest absolute Gasteiger partial charge is 0.416 e. The fourth-order valence-corrected chi connectivity index (χ4v) is 1.84. The van der Waals surface area contributed by atoms with E-state index in [9.17, 15) is 13.2 Å². The Labute approximate surface area is 81.2 Å². The summed E-state index contributed by atoms with van der Waals surface area (Å²) in [5.74, 6) is 0. The van der Waals surface area contributed by atoms with Crippen molar-refractivity contribution in [1.29, 1.82) is 0 Å². The molecule has 0 atom stereocenters. The predicted octanol–water partition coefficient (Wildman–Crippen LogP) is 2.90. The van der Waals surface area contributed by atoms with Gasteiger partial charge in [0.25, 0.3) is 0 Å². The molecule has 0 saturated carbocycles. The van der Waals surface area contributed by atoms with Crippen LogP contribution in [0.4, 0.5) is 18.3 Å². The van der Waals surface area contributed by atoms with Crippen LogP contribution in [0.15, 0.2) is 18.2 Å². The van der Waals surface area contributed by atoms with Crippen LogP contribution in [0.1, 0.15) is 5.56 Å². The standard InChI is InChI=1S/C8H5F3N2S/c9-8(10,11)4-1-2-6-5(3-4)13-7(12)14-6/h1-3H,(H2,12,13). The Morgan fingerprint density at radius 1 is 1.29 bits per heavy atom. The van der Waals surface area contributed by atoms with Crippen LogP contribution in [0.2, 0.25) is 0 Å². The van der Waals surface area contributed by atoms with Crippen LogP contribution in [0.25, 0.3) is 10.2 Å². The second-order valence-electron chi connectivity index (χ2n) is 2.73. The van der Waals surface area contributed by atoms with Gasteiger partial charge in [-0.05, 0) is 18.2 Å². The van der Waals surface area contributed by atoms with Crippen molar-refractivity contribution in [2.45, 2.75) is 6.18 Å². The van der Waals surface area contributed by atoms with Gasteiger partial charge in [0.2, 0.25) is 0 Å². The van der Waals surface area contributed by atoms with Crippen molar-refractivity contribution in [1.82, 2.24) is 4.98 Å². The van der Waals surface area contributed by atoms with Gasteiger partial charge in [0.15, 0.2) is 5.13 Å². The molecule has 74 valence electrons. The van der Waals surface area contributed by atoms with Crippen molar-refractivity contribution in [2.75, 3.05) is 5.73 Å². The highest BCUT2D eigenvalue weighted by molar-refractivity contribution is 7.22. The number of hydrogen-bond donors (Lipinski definition) is 1. The first-order valence-corrected chi connectivity index (χ1v) is 4.52. The quantitative estimate of drug-likeness (QED) is 0.738. The van der Waals surface area contributed by atoms with E-state index in [4.69, 9.17) is 5.73 Å². The maximum absolute atomic E-state index is 12.3. The summed E-state index contributed by atoms with van der Waals surface area (Å²) in [6, 6.07) is 3.41. The first kappa shape index (κ1) is 9.26. The number of aromatic nitrogens is 1. The molecular weight excluding hydrogens is 213 g/mol. The molecule has 0 aliphatic rings. The molecule has 0 radical (unpaired) electrons. The van der Waals surface area contributed by atoms with Crippen molar-refractivity contribution in [2.24, 2.45) is 0 Å². The van der Waals surface area contributed by atoms with E-state index in [-0.39, 0.29) is 5.13 Å². The van der Waals surface area contributed by atoms with Crippen LogP contribution in [0.3, 0.4) is 0 Å². The summed E-state index contributed by atoms with van der Waals surface area (Å²) in [4.78, 5) is 3.78. The molecule has 0 amide bonds. The lowest BCUT2D eigenvalue weighted by atomic mass is 10.2. The molecule has 0 fully saturated rings. The van der Waals surface area contributed by atoms with E-state index in [0.29, 0.717) is 10.2 Å². The molecule has 2 nitrogen and oxygen atoms in total. The SMILES string of the molecule is Nc1nc2cc(C(F)(F)F)ccc2s1. The summed E-state index contributed by atoms with van der Waals surface area (Å²) >= 11 is 1.17. The molecule has 2 aromatic rings. The van der Waals surface area contributed by atoms with E-state index in [0.717, 1.165) is 12.1 Å². The summed E-state index contributed by atoms with van der Waals surface area (Å²) < 4.78 is 37.5. The van der Waals surface area contributed by atoms with E-state index < -0.39 is 11.7 Å². The highest BCUT2D eigenvalue weighted by atomic mass is 32.1. The first-order chi connectivity index (χ1) is 6.47. The van der Waals surface area contributed by atoms with Crippen molar-refractivity contribution >= 4 is 26.7 Å². The Hall–Kier alpha value is -1.30. The second kappa shape index (κ2) is 2.84. The zero-order valence-electron chi connectivity index (χ0n) is 6.80. The molecule has 1 aromatic heterocycles. The predicted molar refractivity (Wildman–Crippen MR) is 49.0 cm³/mol. The minimum atomic E-state index is -4.33. The van der Waals surface area contributed by atoms with Gasteiger partial charge >= 0.3 is 6.18 Å². The van der Waals surface area contributed by atoms with E-state index in [1.165, 1.54) is 17.4 Å². The van der Waals surface area contributed by atoms with E-state index >= 15 is 0 Å². The van der Waals surface area contributed by atoms with Gasteiger partial charge < -0.3 is 5.73 Å². The zero-order chi connectivity index (χ0) is 10.3. The minimum Gasteiger partial charge on any atom is -0.375 e. The fraction of sp³-hybridized carbons (Fsp3) is 0.125. The van der Waals surface area contributed by atoms with Gasteiger partial charge in [-0.2, -0.15) is 13.2 Å². The number of hydrogen-bond acceptors (Lipinski definition) is 3. The maximum atomic E-state index is 12.3. The number of nitrogen functional groups attached to an aromatic ring is 1.